The average Bonchev–Trinajstić information content (AvgIpc) is 2.05. The maximum atomic E-state index is 10.9. The normalized spacial score (nSPS) is 11.1. The second kappa shape index (κ2) is 6.60. The summed E-state index contributed by atoms with van der Waals surface area (Å²) in [6.45, 7) is 3.93. The van der Waals surface area contributed by atoms with Crippen molar-refractivity contribution in [2.24, 2.45) is 5.10 Å². The summed E-state index contributed by atoms with van der Waals surface area (Å²) >= 11 is 0. The van der Waals surface area contributed by atoms with Crippen LogP contribution in [-0.2, 0) is 9.53 Å². The number of hydrazone groups is 1. The van der Waals surface area contributed by atoms with Crippen LogP contribution in [0.3, 0.4) is 0 Å². The summed E-state index contributed by atoms with van der Waals surface area (Å²) in [6.07, 6.45) is 0. The largest absolute Gasteiger partial charge is 0.461 e. The van der Waals surface area contributed by atoms with E-state index >= 15 is 0 Å². The molecule has 0 saturated heterocycles. The van der Waals surface area contributed by atoms with Gasteiger partial charge in [0.05, 0.1) is 19.8 Å². The molecule has 70 valence electrons. The number of hydrogen-bond donors (Lipinski definition) is 2. The van der Waals surface area contributed by atoms with Crippen LogP contribution < -0.4 is 5.43 Å². The van der Waals surface area contributed by atoms with Crippen LogP contribution in [0.4, 0.5) is 0 Å². The third-order valence-corrected chi connectivity index (χ3v) is 1.04. The van der Waals surface area contributed by atoms with Gasteiger partial charge in [0.25, 0.3) is 0 Å². The lowest BCUT2D eigenvalue weighted by Crippen LogP contribution is -2.20. The van der Waals surface area contributed by atoms with Crippen molar-refractivity contribution >= 4 is 11.7 Å². The second-order valence-electron chi connectivity index (χ2n) is 2.05. The SMILES string of the molecule is CCOC(=O)/C(C)=N\NCCO. The summed E-state index contributed by atoms with van der Waals surface area (Å²) in [7, 11) is 0. The van der Waals surface area contributed by atoms with E-state index < -0.39 is 5.97 Å². The third kappa shape index (κ3) is 4.68. The lowest BCUT2D eigenvalue weighted by atomic mass is 10.4. The minimum Gasteiger partial charge on any atom is -0.461 e. The van der Waals surface area contributed by atoms with E-state index in [1.54, 1.807) is 13.8 Å². The van der Waals surface area contributed by atoms with E-state index in [0.717, 1.165) is 0 Å². The molecule has 0 aromatic heterocycles. The molecule has 0 unspecified atom stereocenters. The van der Waals surface area contributed by atoms with Gasteiger partial charge in [-0.05, 0) is 13.8 Å². The summed E-state index contributed by atoms with van der Waals surface area (Å²) < 4.78 is 4.66. The fourth-order valence-electron chi connectivity index (χ4n) is 0.506. The lowest BCUT2D eigenvalue weighted by molar-refractivity contribution is -0.135. The first-order valence-corrected chi connectivity index (χ1v) is 3.77. The van der Waals surface area contributed by atoms with Crippen molar-refractivity contribution in [3.63, 3.8) is 0 Å². The minimum atomic E-state index is -0.442. The van der Waals surface area contributed by atoms with Gasteiger partial charge in [-0.25, -0.2) is 4.79 Å². The van der Waals surface area contributed by atoms with Crippen molar-refractivity contribution in [1.29, 1.82) is 0 Å². The number of aliphatic hydroxyl groups excluding tert-OH is 1. The molecule has 0 fully saturated rings. The van der Waals surface area contributed by atoms with E-state index in [-0.39, 0.29) is 12.3 Å². The summed E-state index contributed by atoms with van der Waals surface area (Å²) in [5, 5.41) is 12.0. The molecule has 0 aliphatic heterocycles. The van der Waals surface area contributed by atoms with Gasteiger partial charge < -0.3 is 15.3 Å². The van der Waals surface area contributed by atoms with E-state index in [9.17, 15) is 4.79 Å². The van der Waals surface area contributed by atoms with E-state index in [1.807, 2.05) is 0 Å². The number of carbonyl (C=O) groups is 1. The summed E-state index contributed by atoms with van der Waals surface area (Å²) in [6, 6.07) is 0. The number of nitrogens with zero attached hydrogens (tertiary/aromatic N) is 1. The topological polar surface area (TPSA) is 70.9 Å². The molecule has 0 heterocycles. The molecular weight excluding hydrogens is 160 g/mol. The van der Waals surface area contributed by atoms with Gasteiger partial charge in [-0.3, -0.25) is 0 Å². The monoisotopic (exact) mass is 174 g/mol. The summed E-state index contributed by atoms with van der Waals surface area (Å²) in [5.41, 5.74) is 2.77. The molecule has 12 heavy (non-hydrogen) atoms. The first-order chi connectivity index (χ1) is 5.72. The highest BCUT2D eigenvalue weighted by Crippen LogP contribution is 1.82. The maximum absolute atomic E-state index is 10.9. The van der Waals surface area contributed by atoms with Crippen LogP contribution in [-0.4, -0.2) is 36.5 Å². The van der Waals surface area contributed by atoms with Crippen LogP contribution >= 0.6 is 0 Å². The molecule has 0 aromatic carbocycles. The zero-order chi connectivity index (χ0) is 9.40. The Morgan fingerprint density at radius 3 is 2.83 bits per heavy atom. The van der Waals surface area contributed by atoms with Crippen LogP contribution in [0.15, 0.2) is 5.10 Å². The summed E-state index contributed by atoms with van der Waals surface area (Å²) in [4.78, 5) is 10.9. The Labute approximate surface area is 71.4 Å². The molecule has 0 amide bonds. The Morgan fingerprint density at radius 2 is 2.33 bits per heavy atom. The molecule has 0 saturated carbocycles. The minimum absolute atomic E-state index is 0.0143. The van der Waals surface area contributed by atoms with E-state index in [0.29, 0.717) is 13.2 Å². The quantitative estimate of drug-likeness (QED) is 0.255. The van der Waals surface area contributed by atoms with Gasteiger partial charge in [-0.2, -0.15) is 5.10 Å². The predicted octanol–water partition coefficient (Wildman–Crippen LogP) is -0.493. The Hall–Kier alpha value is -1.10. The molecule has 0 atom stereocenters. The number of rotatable bonds is 5. The Kier molecular flexibility index (Phi) is 6.00. The number of hydrogen-bond acceptors (Lipinski definition) is 5. The smallest absolute Gasteiger partial charge is 0.354 e. The lowest BCUT2D eigenvalue weighted by Gasteiger charge is -2.00. The van der Waals surface area contributed by atoms with Crippen LogP contribution in [0.25, 0.3) is 0 Å². The van der Waals surface area contributed by atoms with Gasteiger partial charge in [0, 0.05) is 0 Å². The molecule has 0 rings (SSSR count). The Morgan fingerprint density at radius 1 is 1.67 bits per heavy atom. The van der Waals surface area contributed by atoms with Crippen molar-refractivity contribution in [3.8, 4) is 0 Å². The molecule has 0 spiro atoms. The van der Waals surface area contributed by atoms with Gasteiger partial charge in [0.15, 0.2) is 0 Å². The van der Waals surface area contributed by atoms with Gasteiger partial charge in [0.2, 0.25) is 0 Å². The Bertz CT molecular complexity index is 168. The number of esters is 1. The highest BCUT2D eigenvalue weighted by Gasteiger charge is 2.04. The summed E-state index contributed by atoms with van der Waals surface area (Å²) in [5.74, 6) is -0.442. The average molecular weight is 174 g/mol. The van der Waals surface area contributed by atoms with Crippen molar-refractivity contribution in [1.82, 2.24) is 5.43 Å². The number of carbonyl (C=O) groups excluding carboxylic acids is 1. The fraction of sp³-hybridized carbons (Fsp3) is 0.714. The number of nitrogens with one attached hydrogen (secondary N) is 1. The van der Waals surface area contributed by atoms with Crippen LogP contribution in [0, 0.1) is 0 Å². The van der Waals surface area contributed by atoms with E-state index in [4.69, 9.17) is 5.11 Å². The van der Waals surface area contributed by atoms with Gasteiger partial charge >= 0.3 is 5.97 Å². The molecule has 5 nitrogen and oxygen atoms in total. The van der Waals surface area contributed by atoms with Crippen molar-refractivity contribution < 1.29 is 14.6 Å². The van der Waals surface area contributed by atoms with Crippen molar-refractivity contribution in [3.05, 3.63) is 0 Å². The first kappa shape index (κ1) is 10.9. The molecule has 0 radical (unpaired) electrons. The predicted molar refractivity (Wildman–Crippen MR) is 44.8 cm³/mol. The molecule has 0 aromatic rings. The van der Waals surface area contributed by atoms with Crippen LogP contribution in [0.2, 0.25) is 0 Å². The van der Waals surface area contributed by atoms with Crippen LogP contribution in [0.1, 0.15) is 13.8 Å². The molecule has 0 bridgehead atoms. The van der Waals surface area contributed by atoms with Crippen molar-refractivity contribution in [2.45, 2.75) is 13.8 Å². The number of ether oxygens (including phenoxy) is 1. The van der Waals surface area contributed by atoms with Gasteiger partial charge in [0.1, 0.15) is 5.71 Å². The zero-order valence-corrected chi connectivity index (χ0v) is 7.33. The van der Waals surface area contributed by atoms with E-state index in [1.165, 1.54) is 0 Å². The van der Waals surface area contributed by atoms with Gasteiger partial charge in [-0.15, -0.1) is 0 Å². The highest BCUT2D eigenvalue weighted by atomic mass is 16.5. The molecule has 2 N–H and O–H groups in total. The van der Waals surface area contributed by atoms with E-state index in [2.05, 4.69) is 15.3 Å². The molecule has 0 aliphatic rings. The number of aliphatic hydroxyl groups is 1. The van der Waals surface area contributed by atoms with Crippen LogP contribution in [0.5, 0.6) is 0 Å². The highest BCUT2D eigenvalue weighted by molar-refractivity contribution is 6.35. The standard InChI is InChI=1S/C7H14N2O3/c1-3-12-7(11)6(2)9-8-4-5-10/h8,10H,3-5H2,1-2H3/b9-6-. The van der Waals surface area contributed by atoms with Crippen molar-refractivity contribution in [2.75, 3.05) is 19.8 Å². The molecule has 0 aliphatic carbocycles. The third-order valence-electron chi connectivity index (χ3n) is 1.04. The Balaban J connectivity index is 3.74. The van der Waals surface area contributed by atoms with Gasteiger partial charge in [-0.1, -0.05) is 0 Å². The zero-order valence-electron chi connectivity index (χ0n) is 7.33. The maximum Gasteiger partial charge on any atom is 0.354 e. The molecular formula is C7H14N2O3. The second-order valence-corrected chi connectivity index (χ2v) is 2.05. The fourth-order valence-corrected chi connectivity index (χ4v) is 0.506. The molecule has 5 heteroatoms. The first-order valence-electron chi connectivity index (χ1n) is 3.77.